The van der Waals surface area contributed by atoms with Crippen molar-refractivity contribution in [2.45, 2.75) is 25.8 Å². The van der Waals surface area contributed by atoms with Gasteiger partial charge in [-0.1, -0.05) is 18.2 Å². The standard InChI is InChI=1S/C20H21NO4/c1-20(2)16-10-7-14(18(22)25-4)11-17(16)21(19(20)23)12-13-5-8-15(24-3)9-6-13/h5-11H,12H2,1-4H3. The van der Waals surface area contributed by atoms with Crippen molar-refractivity contribution in [1.29, 1.82) is 0 Å². The van der Waals surface area contributed by atoms with Gasteiger partial charge in [-0.3, -0.25) is 4.79 Å². The van der Waals surface area contributed by atoms with Crippen LogP contribution in [0.25, 0.3) is 0 Å². The van der Waals surface area contributed by atoms with Gasteiger partial charge >= 0.3 is 5.97 Å². The number of amides is 1. The fourth-order valence-electron chi connectivity index (χ4n) is 3.16. The molecule has 2 aromatic carbocycles. The van der Waals surface area contributed by atoms with Crippen molar-refractivity contribution in [2.75, 3.05) is 19.1 Å². The van der Waals surface area contributed by atoms with Gasteiger partial charge < -0.3 is 14.4 Å². The van der Waals surface area contributed by atoms with Gasteiger partial charge in [0.15, 0.2) is 0 Å². The van der Waals surface area contributed by atoms with Crippen LogP contribution in [0.1, 0.15) is 35.3 Å². The largest absolute Gasteiger partial charge is 0.497 e. The smallest absolute Gasteiger partial charge is 0.337 e. The van der Waals surface area contributed by atoms with E-state index in [0.29, 0.717) is 12.1 Å². The Bertz CT molecular complexity index is 824. The maximum Gasteiger partial charge on any atom is 0.337 e. The highest BCUT2D eigenvalue weighted by Gasteiger charge is 2.44. The Morgan fingerprint density at radius 1 is 1.08 bits per heavy atom. The van der Waals surface area contributed by atoms with Crippen LogP contribution in [0.2, 0.25) is 0 Å². The topological polar surface area (TPSA) is 55.8 Å². The van der Waals surface area contributed by atoms with Crippen LogP contribution < -0.4 is 9.64 Å². The summed E-state index contributed by atoms with van der Waals surface area (Å²) in [6.45, 7) is 4.24. The van der Waals surface area contributed by atoms with Crippen LogP contribution in [-0.4, -0.2) is 26.1 Å². The van der Waals surface area contributed by atoms with Gasteiger partial charge in [0, 0.05) is 5.69 Å². The molecule has 0 unspecified atom stereocenters. The van der Waals surface area contributed by atoms with Crippen LogP contribution in [0, 0.1) is 0 Å². The quantitative estimate of drug-likeness (QED) is 0.802. The van der Waals surface area contributed by atoms with Gasteiger partial charge in [-0.2, -0.15) is 0 Å². The highest BCUT2D eigenvalue weighted by molar-refractivity contribution is 6.08. The third-order valence-corrected chi connectivity index (χ3v) is 4.66. The zero-order chi connectivity index (χ0) is 18.2. The van der Waals surface area contributed by atoms with Gasteiger partial charge in [0.2, 0.25) is 5.91 Å². The average Bonchev–Trinajstić information content (AvgIpc) is 2.82. The third-order valence-electron chi connectivity index (χ3n) is 4.66. The molecule has 2 aromatic rings. The van der Waals surface area contributed by atoms with Crippen molar-refractivity contribution in [1.82, 2.24) is 0 Å². The van der Waals surface area contributed by atoms with E-state index in [-0.39, 0.29) is 5.91 Å². The van der Waals surface area contributed by atoms with Gasteiger partial charge in [0.05, 0.1) is 31.7 Å². The molecule has 0 bridgehead atoms. The van der Waals surface area contributed by atoms with E-state index < -0.39 is 11.4 Å². The second kappa shape index (κ2) is 6.24. The molecule has 1 aliphatic heterocycles. The number of nitrogens with zero attached hydrogens (tertiary/aromatic N) is 1. The van der Waals surface area contributed by atoms with E-state index in [1.807, 2.05) is 44.2 Å². The summed E-state index contributed by atoms with van der Waals surface area (Å²) in [5.74, 6) is 0.370. The van der Waals surface area contributed by atoms with Crippen LogP contribution in [0.15, 0.2) is 42.5 Å². The lowest BCUT2D eigenvalue weighted by Crippen LogP contribution is -2.35. The number of fused-ring (bicyclic) bond motifs is 1. The molecule has 5 nitrogen and oxygen atoms in total. The lowest BCUT2D eigenvalue weighted by atomic mass is 9.86. The van der Waals surface area contributed by atoms with E-state index in [9.17, 15) is 9.59 Å². The number of carbonyl (C=O) groups excluding carboxylic acids is 2. The SMILES string of the molecule is COC(=O)c1ccc2c(c1)N(Cc1ccc(OC)cc1)C(=O)C2(C)C. The fraction of sp³-hybridized carbons (Fsp3) is 0.300. The molecule has 1 heterocycles. The molecule has 130 valence electrons. The zero-order valence-corrected chi connectivity index (χ0v) is 14.8. The van der Waals surface area contributed by atoms with Gasteiger partial charge in [0.25, 0.3) is 0 Å². The number of rotatable bonds is 4. The number of benzene rings is 2. The molecule has 25 heavy (non-hydrogen) atoms. The van der Waals surface area contributed by atoms with Crippen LogP contribution in [-0.2, 0) is 21.5 Å². The minimum absolute atomic E-state index is 0.0142. The normalized spacial score (nSPS) is 15.0. The zero-order valence-electron chi connectivity index (χ0n) is 14.8. The summed E-state index contributed by atoms with van der Waals surface area (Å²) in [6, 6.07) is 12.9. The van der Waals surface area contributed by atoms with Gasteiger partial charge in [0.1, 0.15) is 5.75 Å². The summed E-state index contributed by atoms with van der Waals surface area (Å²) >= 11 is 0. The molecular formula is C20H21NO4. The molecule has 0 fully saturated rings. The number of hydrogen-bond acceptors (Lipinski definition) is 4. The molecular weight excluding hydrogens is 318 g/mol. The van der Waals surface area contributed by atoms with Crippen molar-refractivity contribution in [3.8, 4) is 5.75 Å². The number of carbonyl (C=O) groups is 2. The van der Waals surface area contributed by atoms with Crippen molar-refractivity contribution in [3.05, 3.63) is 59.2 Å². The predicted octanol–water partition coefficient (Wildman–Crippen LogP) is 3.31. The van der Waals surface area contributed by atoms with Crippen molar-refractivity contribution >= 4 is 17.6 Å². The Kier molecular flexibility index (Phi) is 4.25. The second-order valence-electron chi connectivity index (χ2n) is 6.59. The van der Waals surface area contributed by atoms with Crippen LogP contribution in [0.3, 0.4) is 0 Å². The molecule has 0 radical (unpaired) electrons. The third kappa shape index (κ3) is 2.86. The summed E-state index contributed by atoms with van der Waals surface area (Å²) in [7, 11) is 2.96. The van der Waals surface area contributed by atoms with E-state index in [1.54, 1.807) is 24.1 Å². The molecule has 0 saturated carbocycles. The molecule has 0 atom stereocenters. The average molecular weight is 339 g/mol. The van der Waals surface area contributed by atoms with E-state index in [0.717, 1.165) is 22.6 Å². The lowest BCUT2D eigenvalue weighted by molar-refractivity contribution is -0.122. The lowest BCUT2D eigenvalue weighted by Gasteiger charge is -2.20. The molecule has 5 heteroatoms. The monoisotopic (exact) mass is 339 g/mol. The van der Waals surface area contributed by atoms with Gasteiger partial charge in [-0.25, -0.2) is 4.79 Å². The Morgan fingerprint density at radius 3 is 2.36 bits per heavy atom. The Hall–Kier alpha value is -2.82. The number of anilines is 1. The first-order valence-electron chi connectivity index (χ1n) is 8.06. The van der Waals surface area contributed by atoms with E-state index in [2.05, 4.69) is 0 Å². The van der Waals surface area contributed by atoms with Crippen LogP contribution in [0.4, 0.5) is 5.69 Å². The Balaban J connectivity index is 2.00. The fourth-order valence-corrected chi connectivity index (χ4v) is 3.16. The first kappa shape index (κ1) is 17.0. The number of hydrogen-bond donors (Lipinski definition) is 0. The molecule has 1 aliphatic rings. The maximum absolute atomic E-state index is 12.9. The van der Waals surface area contributed by atoms with Crippen molar-refractivity contribution < 1.29 is 19.1 Å². The molecule has 0 spiro atoms. The van der Waals surface area contributed by atoms with Crippen LogP contribution in [0.5, 0.6) is 5.75 Å². The number of ether oxygens (including phenoxy) is 2. The molecule has 3 rings (SSSR count). The second-order valence-corrected chi connectivity index (χ2v) is 6.59. The molecule has 0 N–H and O–H groups in total. The van der Waals surface area contributed by atoms with Crippen molar-refractivity contribution in [2.24, 2.45) is 0 Å². The summed E-state index contributed by atoms with van der Waals surface area (Å²) < 4.78 is 9.97. The van der Waals surface area contributed by atoms with Crippen LogP contribution >= 0.6 is 0 Å². The first-order valence-corrected chi connectivity index (χ1v) is 8.06. The van der Waals surface area contributed by atoms with E-state index in [1.165, 1.54) is 7.11 Å². The number of methoxy groups -OCH3 is 2. The summed E-state index contributed by atoms with van der Waals surface area (Å²) in [5, 5.41) is 0. The molecule has 0 aromatic heterocycles. The maximum atomic E-state index is 12.9. The Labute approximate surface area is 147 Å². The molecule has 0 aliphatic carbocycles. The number of esters is 1. The summed E-state index contributed by atoms with van der Waals surface area (Å²) in [5.41, 5.74) is 2.47. The predicted molar refractivity (Wildman–Crippen MR) is 95.0 cm³/mol. The Morgan fingerprint density at radius 2 is 1.76 bits per heavy atom. The minimum Gasteiger partial charge on any atom is -0.497 e. The van der Waals surface area contributed by atoms with Gasteiger partial charge in [-0.05, 0) is 49.2 Å². The van der Waals surface area contributed by atoms with Crippen molar-refractivity contribution in [3.63, 3.8) is 0 Å². The van der Waals surface area contributed by atoms with E-state index >= 15 is 0 Å². The molecule has 1 amide bonds. The minimum atomic E-state index is -0.629. The summed E-state index contributed by atoms with van der Waals surface area (Å²) in [6.07, 6.45) is 0. The molecule has 0 saturated heterocycles. The summed E-state index contributed by atoms with van der Waals surface area (Å²) in [4.78, 5) is 26.5. The van der Waals surface area contributed by atoms with E-state index in [4.69, 9.17) is 9.47 Å². The van der Waals surface area contributed by atoms with Gasteiger partial charge in [-0.15, -0.1) is 0 Å². The highest BCUT2D eigenvalue weighted by atomic mass is 16.5. The highest BCUT2D eigenvalue weighted by Crippen LogP contribution is 2.42. The first-order chi connectivity index (χ1) is 11.9.